The van der Waals surface area contributed by atoms with E-state index in [0.717, 1.165) is 38.6 Å². The molecule has 0 unspecified atom stereocenters. The molecule has 0 heterocycles. The molecule has 0 aromatic carbocycles. The van der Waals surface area contributed by atoms with Crippen LogP contribution >= 0.6 is 0 Å². The molecule has 5 heteroatoms. The smallest absolute Gasteiger partial charge is 0.242 e. The van der Waals surface area contributed by atoms with E-state index in [9.17, 15) is 4.79 Å². The number of rotatable bonds is 8. The lowest BCUT2D eigenvalue weighted by molar-refractivity contribution is -0.131. The number of likely N-dealkylation sites (N-methyl/N-ethyl adjacent to an activating group) is 2. The van der Waals surface area contributed by atoms with Gasteiger partial charge in [-0.2, -0.15) is 0 Å². The summed E-state index contributed by atoms with van der Waals surface area (Å²) in [6.07, 6.45) is 5.04. The Morgan fingerprint density at radius 3 is 2.40 bits per heavy atom. The van der Waals surface area contributed by atoms with Crippen LogP contribution in [0.4, 0.5) is 0 Å². The third kappa shape index (κ3) is 7.16. The molecule has 0 bridgehead atoms. The van der Waals surface area contributed by atoms with Gasteiger partial charge in [-0.1, -0.05) is 12.2 Å². The summed E-state index contributed by atoms with van der Waals surface area (Å²) in [6.45, 7) is 11.4. The van der Waals surface area contributed by atoms with E-state index in [1.54, 1.807) is 0 Å². The third-order valence-electron chi connectivity index (χ3n) is 2.98. The van der Waals surface area contributed by atoms with Crippen molar-refractivity contribution in [2.75, 3.05) is 39.8 Å². The van der Waals surface area contributed by atoms with Gasteiger partial charge in [-0.05, 0) is 34.1 Å². The molecule has 0 atom stereocenters. The molecule has 0 saturated carbocycles. The van der Waals surface area contributed by atoms with Gasteiger partial charge in [0.25, 0.3) is 0 Å². The Kier molecular flexibility index (Phi) is 10.5. The van der Waals surface area contributed by atoms with Crippen LogP contribution in [0.2, 0.25) is 0 Å². The van der Waals surface area contributed by atoms with Gasteiger partial charge in [0.1, 0.15) is 0 Å². The number of nitrogens with one attached hydrogen (secondary N) is 1. The van der Waals surface area contributed by atoms with E-state index in [2.05, 4.69) is 16.4 Å². The zero-order valence-corrected chi connectivity index (χ0v) is 13.6. The summed E-state index contributed by atoms with van der Waals surface area (Å²) in [5.41, 5.74) is 0. The monoisotopic (exact) mass is 282 g/mol. The lowest BCUT2D eigenvalue weighted by Gasteiger charge is -2.25. The van der Waals surface area contributed by atoms with Gasteiger partial charge in [-0.15, -0.1) is 0 Å². The van der Waals surface area contributed by atoms with Crippen LogP contribution in [0.15, 0.2) is 17.1 Å². The summed E-state index contributed by atoms with van der Waals surface area (Å²) in [6, 6.07) is 0. The first kappa shape index (κ1) is 18.5. The minimum Gasteiger partial charge on any atom is -0.357 e. The fraction of sp³-hybridized carbons (Fsp3) is 0.733. The molecule has 0 aliphatic rings. The number of carbonyl (C=O) groups is 1. The summed E-state index contributed by atoms with van der Waals surface area (Å²) in [5, 5.41) is 3.22. The first-order valence-electron chi connectivity index (χ1n) is 7.48. The Labute approximate surface area is 123 Å². The molecule has 0 aliphatic heterocycles. The molecule has 0 spiro atoms. The molecule has 0 aromatic heterocycles. The fourth-order valence-corrected chi connectivity index (χ4v) is 1.84. The van der Waals surface area contributed by atoms with Crippen LogP contribution in [0.25, 0.3) is 0 Å². The van der Waals surface area contributed by atoms with Crippen LogP contribution in [-0.4, -0.2) is 61.4 Å². The number of hydrogen-bond donors (Lipinski definition) is 1. The maximum Gasteiger partial charge on any atom is 0.242 e. The van der Waals surface area contributed by atoms with E-state index in [1.165, 1.54) is 0 Å². The number of amides is 1. The lowest BCUT2D eigenvalue weighted by atomic mass is 10.4. The summed E-state index contributed by atoms with van der Waals surface area (Å²) in [5.74, 6) is 0.925. The van der Waals surface area contributed by atoms with Crippen LogP contribution in [0.3, 0.4) is 0 Å². The van der Waals surface area contributed by atoms with Gasteiger partial charge in [-0.3, -0.25) is 9.79 Å². The summed E-state index contributed by atoms with van der Waals surface area (Å²) >= 11 is 0. The molecule has 0 radical (unpaired) electrons. The topological polar surface area (TPSA) is 47.9 Å². The van der Waals surface area contributed by atoms with E-state index in [4.69, 9.17) is 0 Å². The van der Waals surface area contributed by atoms with Crippen LogP contribution in [0.5, 0.6) is 0 Å². The van der Waals surface area contributed by atoms with Crippen LogP contribution in [0.1, 0.15) is 34.1 Å². The maximum atomic E-state index is 12.1. The van der Waals surface area contributed by atoms with Crippen molar-refractivity contribution < 1.29 is 4.79 Å². The van der Waals surface area contributed by atoms with Crippen molar-refractivity contribution in [3.63, 3.8) is 0 Å². The number of carbonyl (C=O) groups excluding carboxylic acids is 1. The number of allylic oxidation sites excluding steroid dienone is 1. The lowest BCUT2D eigenvalue weighted by Crippen LogP contribution is -2.45. The number of guanidine groups is 1. The van der Waals surface area contributed by atoms with Crippen molar-refractivity contribution in [1.82, 2.24) is 15.1 Å². The fourth-order valence-electron chi connectivity index (χ4n) is 1.84. The second kappa shape index (κ2) is 11.3. The Morgan fingerprint density at radius 2 is 1.90 bits per heavy atom. The van der Waals surface area contributed by atoms with Crippen molar-refractivity contribution in [3.05, 3.63) is 12.2 Å². The van der Waals surface area contributed by atoms with Gasteiger partial charge in [-0.25, -0.2) is 0 Å². The van der Waals surface area contributed by atoms with Crippen LogP contribution < -0.4 is 5.32 Å². The SMILES string of the molecule is C/C=C/CCN=C(NCC)N(C)CC(=O)N(CC)CC. The molecule has 1 amide bonds. The summed E-state index contributed by atoms with van der Waals surface area (Å²) in [4.78, 5) is 20.3. The van der Waals surface area contributed by atoms with Gasteiger partial charge in [0.05, 0.1) is 6.54 Å². The highest BCUT2D eigenvalue weighted by atomic mass is 16.2. The predicted octanol–water partition coefficient (Wildman–Crippen LogP) is 1.72. The highest BCUT2D eigenvalue weighted by molar-refractivity contribution is 5.86. The minimum absolute atomic E-state index is 0.136. The van der Waals surface area contributed by atoms with E-state index in [0.29, 0.717) is 6.54 Å². The molecule has 1 N–H and O–H groups in total. The van der Waals surface area contributed by atoms with Crippen molar-refractivity contribution in [2.24, 2.45) is 4.99 Å². The van der Waals surface area contributed by atoms with Crippen molar-refractivity contribution in [1.29, 1.82) is 0 Å². The molecule has 0 rings (SSSR count). The quantitative estimate of drug-likeness (QED) is 0.319. The molecule has 0 fully saturated rings. The average molecular weight is 282 g/mol. The maximum absolute atomic E-state index is 12.1. The van der Waals surface area contributed by atoms with Crippen molar-refractivity contribution in [3.8, 4) is 0 Å². The molecule has 5 nitrogen and oxygen atoms in total. The first-order valence-corrected chi connectivity index (χ1v) is 7.48. The zero-order valence-electron chi connectivity index (χ0n) is 13.6. The minimum atomic E-state index is 0.136. The van der Waals surface area contributed by atoms with E-state index in [-0.39, 0.29) is 5.91 Å². The summed E-state index contributed by atoms with van der Waals surface area (Å²) < 4.78 is 0. The third-order valence-corrected chi connectivity index (χ3v) is 2.98. The van der Waals surface area contributed by atoms with E-state index in [1.807, 2.05) is 50.6 Å². The highest BCUT2D eigenvalue weighted by Gasteiger charge is 2.14. The second-order valence-electron chi connectivity index (χ2n) is 4.52. The molecule has 0 aromatic rings. The molecular formula is C15H30N4O. The number of aliphatic imine (C=N–C) groups is 1. The van der Waals surface area contributed by atoms with E-state index >= 15 is 0 Å². The van der Waals surface area contributed by atoms with Gasteiger partial charge in [0.15, 0.2) is 5.96 Å². The van der Waals surface area contributed by atoms with Crippen molar-refractivity contribution >= 4 is 11.9 Å². The Hall–Kier alpha value is -1.52. The van der Waals surface area contributed by atoms with E-state index < -0.39 is 0 Å². The van der Waals surface area contributed by atoms with Gasteiger partial charge < -0.3 is 15.1 Å². The normalized spacial score (nSPS) is 11.8. The van der Waals surface area contributed by atoms with Gasteiger partial charge in [0.2, 0.25) is 5.91 Å². The Balaban J connectivity index is 4.54. The average Bonchev–Trinajstić information content (AvgIpc) is 2.43. The Morgan fingerprint density at radius 1 is 1.25 bits per heavy atom. The zero-order chi connectivity index (χ0) is 15.4. The predicted molar refractivity (Wildman–Crippen MR) is 86.0 cm³/mol. The molecule has 0 aliphatic carbocycles. The molecule has 20 heavy (non-hydrogen) atoms. The second-order valence-corrected chi connectivity index (χ2v) is 4.52. The van der Waals surface area contributed by atoms with Gasteiger partial charge >= 0.3 is 0 Å². The standard InChI is InChI=1S/C15H30N4O/c1-6-10-11-12-17-15(16-7-2)18(5)13-14(20)19(8-3)9-4/h6,10H,7-9,11-13H2,1-5H3,(H,16,17)/b10-6+. The largest absolute Gasteiger partial charge is 0.357 e. The Bertz CT molecular complexity index is 322. The van der Waals surface area contributed by atoms with Crippen LogP contribution in [0, 0.1) is 0 Å². The molecular weight excluding hydrogens is 252 g/mol. The van der Waals surface area contributed by atoms with Gasteiger partial charge in [0, 0.05) is 33.2 Å². The van der Waals surface area contributed by atoms with Crippen LogP contribution in [-0.2, 0) is 4.79 Å². The number of nitrogens with zero attached hydrogens (tertiary/aromatic N) is 3. The number of hydrogen-bond acceptors (Lipinski definition) is 2. The molecule has 0 saturated heterocycles. The highest BCUT2D eigenvalue weighted by Crippen LogP contribution is 1.94. The molecule has 116 valence electrons. The summed E-state index contributed by atoms with van der Waals surface area (Å²) in [7, 11) is 1.90. The first-order chi connectivity index (χ1) is 9.60. The van der Waals surface area contributed by atoms with Crippen molar-refractivity contribution in [2.45, 2.75) is 34.1 Å².